The summed E-state index contributed by atoms with van der Waals surface area (Å²) >= 11 is 0. The number of anilines is 3. The summed E-state index contributed by atoms with van der Waals surface area (Å²) in [7, 11) is 0. The van der Waals surface area contributed by atoms with E-state index in [1.165, 1.54) is 25.6 Å². The highest BCUT2D eigenvalue weighted by atomic mass is 16.6. The van der Waals surface area contributed by atoms with Gasteiger partial charge in [-0.15, -0.1) is 0 Å². The van der Waals surface area contributed by atoms with Crippen molar-refractivity contribution >= 4 is 29.0 Å². The number of hydrogen-bond donors (Lipinski definition) is 2. The van der Waals surface area contributed by atoms with E-state index in [4.69, 9.17) is 4.74 Å². The van der Waals surface area contributed by atoms with Crippen LogP contribution in [0.4, 0.5) is 23.0 Å². The number of hydrogen-bond acceptors (Lipinski definition) is 8. The zero-order chi connectivity index (χ0) is 23.9. The van der Waals surface area contributed by atoms with Gasteiger partial charge in [-0.25, -0.2) is 14.8 Å². The molecule has 4 fully saturated rings. The minimum Gasteiger partial charge on any atom is -0.462 e. The highest BCUT2D eigenvalue weighted by Crippen LogP contribution is 2.57. The molecule has 0 saturated heterocycles. The van der Waals surface area contributed by atoms with E-state index >= 15 is 0 Å². The van der Waals surface area contributed by atoms with Gasteiger partial charge in [-0.2, -0.15) is 0 Å². The average molecular weight is 466 g/mol. The minimum atomic E-state index is -0.428. The van der Waals surface area contributed by atoms with Crippen LogP contribution >= 0.6 is 0 Å². The molecule has 4 aliphatic carbocycles. The number of benzene rings is 1. The summed E-state index contributed by atoms with van der Waals surface area (Å²) in [5.74, 6) is 2.40. The van der Waals surface area contributed by atoms with Gasteiger partial charge in [0.1, 0.15) is 6.33 Å². The topological polar surface area (TPSA) is 119 Å². The normalized spacial score (nSPS) is 27.0. The third-order valence-electron chi connectivity index (χ3n) is 7.36. The lowest BCUT2D eigenvalue weighted by Gasteiger charge is -2.57. The first-order valence-electron chi connectivity index (χ1n) is 12.1. The average Bonchev–Trinajstić information content (AvgIpc) is 2.76. The Hall–Kier alpha value is -3.23. The Morgan fingerprint density at radius 1 is 1.09 bits per heavy atom. The van der Waals surface area contributed by atoms with Crippen LogP contribution in [-0.2, 0) is 4.74 Å². The molecule has 180 valence electrons. The second-order valence-electron chi connectivity index (χ2n) is 10.7. The van der Waals surface area contributed by atoms with Gasteiger partial charge >= 0.3 is 11.7 Å². The van der Waals surface area contributed by atoms with Crippen LogP contribution in [0, 0.1) is 33.8 Å². The van der Waals surface area contributed by atoms with Gasteiger partial charge in [0.05, 0.1) is 17.1 Å². The van der Waals surface area contributed by atoms with E-state index in [0.29, 0.717) is 35.6 Å². The van der Waals surface area contributed by atoms with Gasteiger partial charge in [0.15, 0.2) is 0 Å². The molecule has 1 aromatic heterocycles. The first-order chi connectivity index (χ1) is 16.3. The van der Waals surface area contributed by atoms with Crippen molar-refractivity contribution in [1.29, 1.82) is 0 Å². The third kappa shape index (κ3) is 4.56. The van der Waals surface area contributed by atoms with Crippen LogP contribution in [-0.4, -0.2) is 33.0 Å². The maximum absolute atomic E-state index is 12.1. The van der Waals surface area contributed by atoms with Crippen LogP contribution in [0.25, 0.3) is 0 Å². The number of nitrogens with zero attached hydrogens (tertiary/aromatic N) is 3. The Bertz CT molecular complexity index is 1050. The van der Waals surface area contributed by atoms with Gasteiger partial charge in [0.2, 0.25) is 11.6 Å². The van der Waals surface area contributed by atoms with E-state index in [1.54, 1.807) is 24.3 Å². The van der Waals surface area contributed by atoms with Crippen molar-refractivity contribution < 1.29 is 14.5 Å². The summed E-state index contributed by atoms with van der Waals surface area (Å²) < 4.78 is 5.25. The SMILES string of the molecule is CC(C)COC(=O)c1ccc(Nc2ncnc(NC34CC5CC(CC(C5)C3)C4)c2[N+](=O)[O-])cc1. The molecule has 34 heavy (non-hydrogen) atoms. The number of carbonyl (C=O) groups is 1. The molecule has 0 aliphatic heterocycles. The maximum Gasteiger partial charge on any atom is 0.353 e. The molecule has 2 aromatic rings. The maximum atomic E-state index is 12.1. The molecule has 9 heteroatoms. The van der Waals surface area contributed by atoms with E-state index < -0.39 is 10.9 Å². The van der Waals surface area contributed by atoms with Crippen molar-refractivity contribution in [1.82, 2.24) is 9.97 Å². The number of esters is 1. The summed E-state index contributed by atoms with van der Waals surface area (Å²) in [5, 5.41) is 18.6. The molecule has 1 heterocycles. The van der Waals surface area contributed by atoms with Gasteiger partial charge in [-0.05, 0) is 86.5 Å². The van der Waals surface area contributed by atoms with Crippen molar-refractivity contribution in [2.45, 2.75) is 57.9 Å². The molecule has 0 unspecified atom stereocenters. The Balaban J connectivity index is 1.35. The lowest BCUT2D eigenvalue weighted by atomic mass is 9.53. The Morgan fingerprint density at radius 3 is 2.24 bits per heavy atom. The smallest absolute Gasteiger partial charge is 0.353 e. The second kappa shape index (κ2) is 8.85. The first-order valence-corrected chi connectivity index (χ1v) is 12.1. The summed E-state index contributed by atoms with van der Waals surface area (Å²) in [4.78, 5) is 32.2. The summed E-state index contributed by atoms with van der Waals surface area (Å²) in [5.41, 5.74) is 0.748. The zero-order valence-corrected chi connectivity index (χ0v) is 19.6. The standard InChI is InChI=1S/C25H31N5O4/c1-15(2)13-34-24(31)19-3-5-20(6-4-19)28-22-21(30(32)33)23(27-14-26-22)29-25-10-16-7-17(11-25)9-18(8-16)12-25/h3-6,14-18H,7-13H2,1-2H3,(H2,26,27,28,29). The Kier molecular flexibility index (Phi) is 5.87. The number of nitrogens with one attached hydrogen (secondary N) is 2. The molecule has 4 aliphatic rings. The predicted molar refractivity (Wildman–Crippen MR) is 128 cm³/mol. The summed E-state index contributed by atoms with van der Waals surface area (Å²) in [6.45, 7) is 4.30. The van der Waals surface area contributed by atoms with Gasteiger partial charge in [0, 0.05) is 11.2 Å². The fourth-order valence-electron chi connectivity index (χ4n) is 6.40. The molecule has 1 aromatic carbocycles. The molecular formula is C25H31N5O4. The van der Waals surface area contributed by atoms with Crippen LogP contribution in [0.15, 0.2) is 30.6 Å². The number of carbonyl (C=O) groups excluding carboxylic acids is 1. The molecule has 6 rings (SSSR count). The fraction of sp³-hybridized carbons (Fsp3) is 0.560. The molecule has 4 saturated carbocycles. The van der Waals surface area contributed by atoms with Crippen molar-refractivity contribution in [3.8, 4) is 0 Å². The molecule has 0 radical (unpaired) electrons. The lowest BCUT2D eigenvalue weighted by molar-refractivity contribution is -0.383. The van der Waals surface area contributed by atoms with Crippen LogP contribution in [0.2, 0.25) is 0 Å². The van der Waals surface area contributed by atoms with Gasteiger partial charge in [-0.3, -0.25) is 10.1 Å². The van der Waals surface area contributed by atoms with Crippen LogP contribution < -0.4 is 10.6 Å². The van der Waals surface area contributed by atoms with Gasteiger partial charge < -0.3 is 15.4 Å². The van der Waals surface area contributed by atoms with E-state index in [2.05, 4.69) is 20.6 Å². The van der Waals surface area contributed by atoms with Crippen LogP contribution in [0.1, 0.15) is 62.7 Å². The van der Waals surface area contributed by atoms with Gasteiger partial charge in [0.25, 0.3) is 0 Å². The molecule has 4 bridgehead atoms. The van der Waals surface area contributed by atoms with Crippen molar-refractivity contribution in [2.24, 2.45) is 23.7 Å². The van der Waals surface area contributed by atoms with E-state index in [9.17, 15) is 14.9 Å². The van der Waals surface area contributed by atoms with E-state index in [-0.39, 0.29) is 28.8 Å². The quantitative estimate of drug-likeness (QED) is 0.305. The van der Waals surface area contributed by atoms with E-state index in [1.807, 2.05) is 13.8 Å². The number of nitro groups is 1. The Morgan fingerprint density at radius 2 is 1.68 bits per heavy atom. The molecular weight excluding hydrogens is 434 g/mol. The summed E-state index contributed by atoms with van der Waals surface area (Å²) in [6.07, 6.45) is 8.39. The first kappa shape index (κ1) is 22.6. The largest absolute Gasteiger partial charge is 0.462 e. The molecule has 2 N–H and O–H groups in total. The number of rotatable bonds is 8. The Labute approximate surface area is 198 Å². The second-order valence-corrected chi connectivity index (χ2v) is 10.7. The number of ether oxygens (including phenoxy) is 1. The predicted octanol–water partition coefficient (Wildman–Crippen LogP) is 5.32. The van der Waals surface area contributed by atoms with Crippen molar-refractivity contribution in [2.75, 3.05) is 17.2 Å². The van der Waals surface area contributed by atoms with Gasteiger partial charge in [-0.1, -0.05) is 13.8 Å². The fourth-order valence-corrected chi connectivity index (χ4v) is 6.40. The highest BCUT2D eigenvalue weighted by Gasteiger charge is 2.51. The third-order valence-corrected chi connectivity index (χ3v) is 7.36. The lowest BCUT2D eigenvalue weighted by Crippen LogP contribution is -2.55. The van der Waals surface area contributed by atoms with Crippen LogP contribution in [0.3, 0.4) is 0 Å². The highest BCUT2D eigenvalue weighted by molar-refractivity contribution is 5.90. The molecule has 0 atom stereocenters. The minimum absolute atomic E-state index is 0.108. The molecule has 9 nitrogen and oxygen atoms in total. The summed E-state index contributed by atoms with van der Waals surface area (Å²) in [6, 6.07) is 6.63. The molecule has 0 spiro atoms. The van der Waals surface area contributed by atoms with Crippen molar-refractivity contribution in [3.05, 3.63) is 46.3 Å². The molecule has 0 amide bonds. The number of aromatic nitrogens is 2. The zero-order valence-electron chi connectivity index (χ0n) is 19.6. The van der Waals surface area contributed by atoms with E-state index in [0.717, 1.165) is 19.3 Å². The van der Waals surface area contributed by atoms with Crippen LogP contribution in [0.5, 0.6) is 0 Å². The monoisotopic (exact) mass is 465 g/mol. The van der Waals surface area contributed by atoms with Crippen molar-refractivity contribution in [3.63, 3.8) is 0 Å².